The number of rotatable bonds is 4. The first-order valence-electron chi connectivity index (χ1n) is 5.89. The second-order valence-electron chi connectivity index (χ2n) is 4.94. The largest absolute Gasteiger partial charge is 0.321 e. The van der Waals surface area contributed by atoms with E-state index in [-0.39, 0.29) is 30.2 Å². The molecule has 0 unspecified atom stereocenters. The fourth-order valence-electron chi connectivity index (χ4n) is 2.18. The van der Waals surface area contributed by atoms with Gasteiger partial charge < -0.3 is 5.73 Å². The average Bonchev–Trinajstić information content (AvgIpc) is 2.18. The number of ketones is 1. The molecule has 3 heteroatoms. The Bertz CT molecular complexity index is 188. The van der Waals surface area contributed by atoms with Gasteiger partial charge in [0.2, 0.25) is 0 Å². The minimum atomic E-state index is -0.239. The summed E-state index contributed by atoms with van der Waals surface area (Å²) in [5, 5.41) is 0. The molecule has 2 nitrogen and oxygen atoms in total. The summed E-state index contributed by atoms with van der Waals surface area (Å²) in [5.41, 5.74) is 5.83. The monoisotopic (exact) mass is 233 g/mol. The van der Waals surface area contributed by atoms with Gasteiger partial charge in [-0.05, 0) is 11.8 Å². The van der Waals surface area contributed by atoms with Gasteiger partial charge in [-0.3, -0.25) is 4.79 Å². The number of Topliss-reactive ketones (excluding diaryl/α,β-unsaturated/α-hetero) is 1. The smallest absolute Gasteiger partial charge is 0.150 e. The van der Waals surface area contributed by atoms with Crippen molar-refractivity contribution in [1.29, 1.82) is 0 Å². The second kappa shape index (κ2) is 7.24. The third-order valence-electron chi connectivity index (χ3n) is 3.30. The highest BCUT2D eigenvalue weighted by Gasteiger charge is 2.22. The normalized spacial score (nSPS) is 19.7. The van der Waals surface area contributed by atoms with Crippen LogP contribution in [-0.4, -0.2) is 11.8 Å². The molecule has 15 heavy (non-hydrogen) atoms. The van der Waals surface area contributed by atoms with Gasteiger partial charge in [-0.25, -0.2) is 0 Å². The van der Waals surface area contributed by atoms with Gasteiger partial charge in [-0.2, -0.15) is 0 Å². The van der Waals surface area contributed by atoms with E-state index in [4.69, 9.17) is 5.73 Å². The molecule has 1 rings (SSSR count). The standard InChI is InChI=1S/C12H23NO.ClH/c1-9(2)12(13)11(14)8-10-6-4-3-5-7-10;/h9-10,12H,3-8,13H2,1-2H3;1H/t12-;/m1./s1. The predicted octanol–water partition coefficient (Wildman–Crippen LogP) is 2.93. The molecular formula is C12H24ClNO. The zero-order valence-corrected chi connectivity index (χ0v) is 10.7. The molecule has 0 radical (unpaired) electrons. The molecule has 1 atom stereocenters. The molecule has 0 amide bonds. The summed E-state index contributed by atoms with van der Waals surface area (Å²) < 4.78 is 0. The Morgan fingerprint density at radius 3 is 2.27 bits per heavy atom. The maximum atomic E-state index is 11.7. The first kappa shape index (κ1) is 14.9. The third-order valence-corrected chi connectivity index (χ3v) is 3.30. The van der Waals surface area contributed by atoms with Crippen molar-refractivity contribution in [1.82, 2.24) is 0 Å². The van der Waals surface area contributed by atoms with Crippen LogP contribution in [0.25, 0.3) is 0 Å². The Hall–Kier alpha value is -0.0800. The van der Waals surface area contributed by atoms with Crippen LogP contribution < -0.4 is 5.73 Å². The number of carbonyl (C=O) groups excluding carboxylic acids is 1. The summed E-state index contributed by atoms with van der Waals surface area (Å²) in [6, 6.07) is -0.239. The Morgan fingerprint density at radius 2 is 1.80 bits per heavy atom. The molecule has 0 spiro atoms. The van der Waals surface area contributed by atoms with E-state index in [9.17, 15) is 4.79 Å². The lowest BCUT2D eigenvalue weighted by atomic mass is 9.83. The SMILES string of the molecule is CC(C)[C@@H](N)C(=O)CC1CCCCC1.Cl. The van der Waals surface area contributed by atoms with Crippen LogP contribution in [0.4, 0.5) is 0 Å². The van der Waals surface area contributed by atoms with Crippen molar-refractivity contribution >= 4 is 18.2 Å². The quantitative estimate of drug-likeness (QED) is 0.812. The molecular weight excluding hydrogens is 210 g/mol. The van der Waals surface area contributed by atoms with Crippen LogP contribution in [0.3, 0.4) is 0 Å². The van der Waals surface area contributed by atoms with Crippen LogP contribution in [0.2, 0.25) is 0 Å². The van der Waals surface area contributed by atoms with Crippen molar-refractivity contribution in [3.8, 4) is 0 Å². The molecule has 0 heterocycles. The van der Waals surface area contributed by atoms with E-state index >= 15 is 0 Å². The lowest BCUT2D eigenvalue weighted by molar-refractivity contribution is -0.122. The van der Waals surface area contributed by atoms with Crippen LogP contribution in [0.15, 0.2) is 0 Å². The number of hydrogen-bond acceptors (Lipinski definition) is 2. The van der Waals surface area contributed by atoms with Gasteiger partial charge in [0, 0.05) is 6.42 Å². The van der Waals surface area contributed by atoms with Crippen LogP contribution >= 0.6 is 12.4 Å². The minimum absolute atomic E-state index is 0. The van der Waals surface area contributed by atoms with Gasteiger partial charge >= 0.3 is 0 Å². The van der Waals surface area contributed by atoms with Gasteiger partial charge in [0.1, 0.15) is 5.78 Å². The summed E-state index contributed by atoms with van der Waals surface area (Å²) in [4.78, 5) is 11.7. The lowest BCUT2D eigenvalue weighted by Crippen LogP contribution is -2.36. The van der Waals surface area contributed by atoms with E-state index in [0.717, 1.165) is 6.42 Å². The van der Waals surface area contributed by atoms with Crippen molar-refractivity contribution in [2.45, 2.75) is 58.4 Å². The van der Waals surface area contributed by atoms with Crippen molar-refractivity contribution in [3.05, 3.63) is 0 Å². The van der Waals surface area contributed by atoms with E-state index in [2.05, 4.69) is 0 Å². The molecule has 90 valence electrons. The number of halogens is 1. The Kier molecular flexibility index (Phi) is 7.20. The topological polar surface area (TPSA) is 43.1 Å². The zero-order valence-electron chi connectivity index (χ0n) is 9.87. The van der Waals surface area contributed by atoms with Gasteiger partial charge in [-0.1, -0.05) is 46.0 Å². The van der Waals surface area contributed by atoms with Crippen LogP contribution in [0.1, 0.15) is 52.4 Å². The Labute approximate surface area is 99.4 Å². The van der Waals surface area contributed by atoms with Crippen molar-refractivity contribution < 1.29 is 4.79 Å². The van der Waals surface area contributed by atoms with Crippen LogP contribution in [-0.2, 0) is 4.79 Å². The van der Waals surface area contributed by atoms with Crippen molar-refractivity contribution in [2.75, 3.05) is 0 Å². The third kappa shape index (κ3) is 4.98. The number of nitrogens with two attached hydrogens (primary N) is 1. The van der Waals surface area contributed by atoms with E-state index < -0.39 is 0 Å². The molecule has 1 aliphatic rings. The molecule has 0 aromatic heterocycles. The highest BCUT2D eigenvalue weighted by molar-refractivity contribution is 5.85. The molecule has 1 aliphatic carbocycles. The molecule has 0 aliphatic heterocycles. The summed E-state index contributed by atoms with van der Waals surface area (Å²) in [5.74, 6) is 1.18. The van der Waals surface area contributed by atoms with E-state index in [1.54, 1.807) is 0 Å². The average molecular weight is 234 g/mol. The number of carbonyl (C=O) groups is 1. The predicted molar refractivity (Wildman–Crippen MR) is 66.3 cm³/mol. The fourth-order valence-corrected chi connectivity index (χ4v) is 2.18. The van der Waals surface area contributed by atoms with Crippen molar-refractivity contribution in [2.24, 2.45) is 17.6 Å². The Balaban J connectivity index is 0.00000196. The minimum Gasteiger partial charge on any atom is -0.321 e. The van der Waals surface area contributed by atoms with E-state index in [1.165, 1.54) is 32.1 Å². The van der Waals surface area contributed by atoms with Gasteiger partial charge in [0.25, 0.3) is 0 Å². The van der Waals surface area contributed by atoms with E-state index in [0.29, 0.717) is 5.92 Å². The molecule has 0 aromatic rings. The van der Waals surface area contributed by atoms with Gasteiger partial charge in [0.05, 0.1) is 6.04 Å². The first-order valence-corrected chi connectivity index (χ1v) is 5.89. The summed E-state index contributed by atoms with van der Waals surface area (Å²) in [6.45, 7) is 4.03. The molecule has 0 aromatic carbocycles. The highest BCUT2D eigenvalue weighted by atomic mass is 35.5. The summed E-state index contributed by atoms with van der Waals surface area (Å²) >= 11 is 0. The summed E-state index contributed by atoms with van der Waals surface area (Å²) in [7, 11) is 0. The lowest BCUT2D eigenvalue weighted by Gasteiger charge is -2.23. The molecule has 1 fully saturated rings. The second-order valence-corrected chi connectivity index (χ2v) is 4.94. The van der Waals surface area contributed by atoms with Gasteiger partial charge in [0.15, 0.2) is 0 Å². The van der Waals surface area contributed by atoms with Crippen molar-refractivity contribution in [3.63, 3.8) is 0 Å². The maximum Gasteiger partial charge on any atom is 0.150 e. The van der Waals surface area contributed by atoms with E-state index in [1.807, 2.05) is 13.8 Å². The maximum absolute atomic E-state index is 11.7. The van der Waals surface area contributed by atoms with Gasteiger partial charge in [-0.15, -0.1) is 12.4 Å². The molecule has 0 bridgehead atoms. The molecule has 2 N–H and O–H groups in total. The molecule has 1 saturated carbocycles. The fraction of sp³-hybridized carbons (Fsp3) is 0.917. The molecule has 0 saturated heterocycles. The zero-order chi connectivity index (χ0) is 10.6. The van der Waals surface area contributed by atoms with Crippen LogP contribution in [0, 0.1) is 11.8 Å². The van der Waals surface area contributed by atoms with Crippen LogP contribution in [0.5, 0.6) is 0 Å². The summed E-state index contributed by atoms with van der Waals surface area (Å²) in [6.07, 6.45) is 7.14. The number of hydrogen-bond donors (Lipinski definition) is 1. The Morgan fingerprint density at radius 1 is 1.27 bits per heavy atom. The first-order chi connectivity index (χ1) is 6.61. The highest BCUT2D eigenvalue weighted by Crippen LogP contribution is 2.27.